The average Bonchev–Trinajstić information content (AvgIpc) is 3.15. The van der Waals surface area contributed by atoms with E-state index in [9.17, 15) is 0 Å². The van der Waals surface area contributed by atoms with Crippen LogP contribution in [0.15, 0.2) is 30.3 Å². The molecule has 0 amide bonds. The molecule has 1 aromatic carbocycles. The minimum Gasteiger partial charge on any atom is -0.368 e. The third kappa shape index (κ3) is 3.60. The molecule has 5 atom stereocenters. The molecule has 3 aliphatic heterocycles. The maximum absolute atomic E-state index is 6.22. The van der Waals surface area contributed by atoms with Gasteiger partial charge in [0.05, 0.1) is 13.2 Å². The van der Waals surface area contributed by atoms with Gasteiger partial charge in [0, 0.05) is 0 Å². The molecule has 0 radical (unpaired) electrons. The molecule has 1 aromatic rings. The van der Waals surface area contributed by atoms with Crippen LogP contribution in [0.5, 0.6) is 0 Å². The van der Waals surface area contributed by atoms with Gasteiger partial charge < -0.3 is 28.4 Å². The van der Waals surface area contributed by atoms with Crippen LogP contribution in [0.1, 0.15) is 33.3 Å². The van der Waals surface area contributed by atoms with Gasteiger partial charge in [-0.15, -0.1) is 0 Å². The van der Waals surface area contributed by atoms with Gasteiger partial charge in [-0.05, 0) is 33.3 Å². The van der Waals surface area contributed by atoms with E-state index in [1.807, 2.05) is 58.0 Å². The largest absolute Gasteiger partial charge is 0.368 e. The van der Waals surface area contributed by atoms with Crippen LogP contribution in [0, 0.1) is 0 Å². The van der Waals surface area contributed by atoms with E-state index in [0.717, 1.165) is 5.56 Å². The molecule has 3 fully saturated rings. The highest BCUT2D eigenvalue weighted by Crippen LogP contribution is 2.42. The van der Waals surface area contributed by atoms with Gasteiger partial charge in [0.1, 0.15) is 24.4 Å². The fraction of sp³-hybridized carbons (Fsp3) is 0.684. The van der Waals surface area contributed by atoms with E-state index in [1.165, 1.54) is 0 Å². The number of rotatable bonds is 4. The first-order valence-corrected chi connectivity index (χ1v) is 8.81. The molecule has 138 valence electrons. The summed E-state index contributed by atoms with van der Waals surface area (Å²) in [6.07, 6.45) is -1.52. The molecule has 6 heteroatoms. The number of hydrogen-bond acceptors (Lipinski definition) is 6. The summed E-state index contributed by atoms with van der Waals surface area (Å²) in [7, 11) is 0. The molecule has 3 saturated heterocycles. The van der Waals surface area contributed by atoms with Crippen LogP contribution < -0.4 is 0 Å². The van der Waals surface area contributed by atoms with Crippen molar-refractivity contribution in [2.75, 3.05) is 6.61 Å². The van der Waals surface area contributed by atoms with Crippen LogP contribution in [0.2, 0.25) is 0 Å². The van der Waals surface area contributed by atoms with E-state index in [4.69, 9.17) is 28.4 Å². The van der Waals surface area contributed by atoms with Crippen LogP contribution in [0.4, 0.5) is 0 Å². The van der Waals surface area contributed by atoms with Crippen molar-refractivity contribution in [3.63, 3.8) is 0 Å². The minimum absolute atomic E-state index is 0.211. The number of hydrogen-bond donors (Lipinski definition) is 0. The van der Waals surface area contributed by atoms with Crippen molar-refractivity contribution in [2.45, 2.75) is 76.6 Å². The van der Waals surface area contributed by atoms with E-state index < -0.39 is 17.9 Å². The van der Waals surface area contributed by atoms with Gasteiger partial charge in [0.15, 0.2) is 17.9 Å². The highest BCUT2D eigenvalue weighted by Gasteiger charge is 2.58. The molecule has 0 bridgehead atoms. The van der Waals surface area contributed by atoms with Crippen molar-refractivity contribution in [2.24, 2.45) is 0 Å². The number of ether oxygens (including phenoxy) is 6. The standard InChI is InChI=1S/C19H26O6/c1-18(2)21-11-13(23-18)14-15(20-10-12-8-6-5-7-9-12)16-17(22-14)25-19(3,4)24-16/h5-9,13-17H,10-11H2,1-4H3/t13-,14+,15+,16-,17-/m1/s1. The second kappa shape index (κ2) is 6.30. The summed E-state index contributed by atoms with van der Waals surface area (Å²) < 4.78 is 36.0. The van der Waals surface area contributed by atoms with Gasteiger partial charge in [0.2, 0.25) is 0 Å². The maximum atomic E-state index is 6.22. The Morgan fingerprint density at radius 1 is 0.960 bits per heavy atom. The molecule has 4 rings (SSSR count). The zero-order valence-electron chi connectivity index (χ0n) is 15.1. The summed E-state index contributed by atoms with van der Waals surface area (Å²) >= 11 is 0. The molecule has 3 aliphatic rings. The third-order valence-corrected chi connectivity index (χ3v) is 4.71. The molecule has 25 heavy (non-hydrogen) atoms. The Bertz CT molecular complexity index is 601. The Morgan fingerprint density at radius 2 is 1.72 bits per heavy atom. The highest BCUT2D eigenvalue weighted by molar-refractivity contribution is 5.13. The van der Waals surface area contributed by atoms with Crippen molar-refractivity contribution < 1.29 is 28.4 Å². The van der Waals surface area contributed by atoms with Crippen molar-refractivity contribution in [1.82, 2.24) is 0 Å². The average molecular weight is 350 g/mol. The van der Waals surface area contributed by atoms with Gasteiger partial charge in [0.25, 0.3) is 0 Å². The molecular weight excluding hydrogens is 324 g/mol. The fourth-order valence-corrected chi connectivity index (χ4v) is 3.64. The first-order chi connectivity index (χ1) is 11.8. The van der Waals surface area contributed by atoms with Gasteiger partial charge in [-0.1, -0.05) is 30.3 Å². The van der Waals surface area contributed by atoms with E-state index >= 15 is 0 Å². The van der Waals surface area contributed by atoms with E-state index in [1.54, 1.807) is 0 Å². The summed E-state index contributed by atoms with van der Waals surface area (Å²) in [5, 5.41) is 0. The van der Waals surface area contributed by atoms with Gasteiger partial charge in [-0.2, -0.15) is 0 Å². The highest BCUT2D eigenvalue weighted by atomic mass is 16.8. The molecular formula is C19H26O6. The maximum Gasteiger partial charge on any atom is 0.190 e. The lowest BCUT2D eigenvalue weighted by Crippen LogP contribution is -2.44. The molecule has 0 N–H and O–H groups in total. The SMILES string of the molecule is CC1(C)O[C@H]2O[C@@H]([C@H]3COC(C)(C)O3)[C@H](OCc3ccccc3)[C@H]2O1. The Balaban J connectivity index is 1.50. The lowest BCUT2D eigenvalue weighted by molar-refractivity contribution is -0.236. The fourth-order valence-electron chi connectivity index (χ4n) is 3.64. The predicted octanol–water partition coefficient (Wildman–Crippen LogP) is 2.60. The summed E-state index contributed by atoms with van der Waals surface area (Å²) in [5.41, 5.74) is 1.10. The zero-order valence-corrected chi connectivity index (χ0v) is 15.1. The van der Waals surface area contributed by atoms with E-state index in [-0.39, 0.29) is 24.4 Å². The molecule has 0 aromatic heterocycles. The van der Waals surface area contributed by atoms with Gasteiger partial charge in [-0.3, -0.25) is 0 Å². The molecule has 0 saturated carbocycles. The summed E-state index contributed by atoms with van der Waals surface area (Å²) in [6.45, 7) is 8.52. The Morgan fingerprint density at radius 3 is 2.40 bits per heavy atom. The lowest BCUT2D eigenvalue weighted by atomic mass is 10.1. The van der Waals surface area contributed by atoms with Crippen molar-refractivity contribution in [1.29, 1.82) is 0 Å². The summed E-state index contributed by atoms with van der Waals surface area (Å²) in [6, 6.07) is 10.1. The van der Waals surface area contributed by atoms with Gasteiger partial charge >= 0.3 is 0 Å². The lowest BCUT2D eigenvalue weighted by Gasteiger charge is -2.29. The first-order valence-electron chi connectivity index (χ1n) is 8.81. The third-order valence-electron chi connectivity index (χ3n) is 4.71. The first kappa shape index (κ1) is 17.4. The van der Waals surface area contributed by atoms with E-state index in [2.05, 4.69) is 0 Å². The second-order valence-corrected chi connectivity index (χ2v) is 7.70. The summed E-state index contributed by atoms with van der Waals surface area (Å²) in [4.78, 5) is 0. The van der Waals surface area contributed by atoms with Crippen LogP contribution in [0.3, 0.4) is 0 Å². The minimum atomic E-state index is -0.680. The number of fused-ring (bicyclic) bond motifs is 1. The van der Waals surface area contributed by atoms with Crippen molar-refractivity contribution in [3.05, 3.63) is 35.9 Å². The monoisotopic (exact) mass is 350 g/mol. The molecule has 0 unspecified atom stereocenters. The normalized spacial score (nSPS) is 38.8. The Kier molecular flexibility index (Phi) is 4.38. The zero-order chi connectivity index (χ0) is 17.7. The quantitative estimate of drug-likeness (QED) is 0.832. The Hall–Kier alpha value is -1.02. The van der Waals surface area contributed by atoms with Crippen LogP contribution in [-0.2, 0) is 35.0 Å². The topological polar surface area (TPSA) is 55.4 Å². The number of benzene rings is 1. The Labute approximate surface area is 148 Å². The van der Waals surface area contributed by atoms with Crippen LogP contribution in [-0.4, -0.2) is 48.9 Å². The van der Waals surface area contributed by atoms with Crippen molar-refractivity contribution >= 4 is 0 Å². The van der Waals surface area contributed by atoms with Gasteiger partial charge in [-0.25, -0.2) is 0 Å². The molecule has 3 heterocycles. The molecule has 0 aliphatic carbocycles. The predicted molar refractivity (Wildman–Crippen MR) is 88.6 cm³/mol. The molecule has 0 spiro atoms. The molecule has 6 nitrogen and oxygen atoms in total. The second-order valence-electron chi connectivity index (χ2n) is 7.70. The van der Waals surface area contributed by atoms with E-state index in [0.29, 0.717) is 13.2 Å². The summed E-state index contributed by atoms with van der Waals surface area (Å²) in [5.74, 6) is -1.29. The smallest absolute Gasteiger partial charge is 0.190 e. The van der Waals surface area contributed by atoms with Crippen LogP contribution in [0.25, 0.3) is 0 Å². The van der Waals surface area contributed by atoms with Crippen molar-refractivity contribution in [3.8, 4) is 0 Å². The van der Waals surface area contributed by atoms with Crippen LogP contribution >= 0.6 is 0 Å².